The van der Waals surface area contributed by atoms with E-state index in [2.05, 4.69) is 103 Å². The molecular weight excluding hydrogens is 468 g/mol. The third kappa shape index (κ3) is 4.22. The Morgan fingerprint density at radius 1 is 0.632 bits per heavy atom. The molecule has 5 aromatic rings. The minimum absolute atomic E-state index is 0.675. The van der Waals surface area contributed by atoms with Crippen LogP contribution in [-0.4, -0.2) is 14.2 Å². The van der Waals surface area contributed by atoms with Crippen molar-refractivity contribution in [1.29, 1.82) is 0 Å². The van der Waals surface area contributed by atoms with E-state index >= 15 is 0 Å². The van der Waals surface area contributed by atoms with Crippen LogP contribution in [0.4, 0.5) is 0 Å². The topological polar surface area (TPSA) is 27.7 Å². The lowest BCUT2D eigenvalue weighted by atomic mass is 9.83. The van der Waals surface area contributed by atoms with Crippen molar-refractivity contribution in [2.75, 3.05) is 14.2 Å². The molecule has 0 atom stereocenters. The lowest BCUT2D eigenvalue weighted by Gasteiger charge is -2.36. The fourth-order valence-corrected chi connectivity index (χ4v) is 5.12. The van der Waals surface area contributed by atoms with Crippen molar-refractivity contribution in [3.63, 3.8) is 0 Å². The normalized spacial score (nSPS) is 13.7. The zero-order valence-electron chi connectivity index (χ0n) is 21.4. The Morgan fingerprint density at radius 2 is 1.26 bits per heavy atom. The molecule has 3 heteroatoms. The van der Waals surface area contributed by atoms with E-state index in [0.717, 1.165) is 44.7 Å². The predicted octanol–water partition coefficient (Wildman–Crippen LogP) is 8.38. The summed E-state index contributed by atoms with van der Waals surface area (Å²) in [6.07, 6.45) is 8.59. The van der Waals surface area contributed by atoms with E-state index < -0.39 is 5.60 Å². The SMILES string of the molecule is COc1ccc(/C=C\c2ccc3c4c(ccc3c2)OC(c2ccccc2)(c2ccccc2)C=C4)cc1OC. The van der Waals surface area contributed by atoms with Gasteiger partial charge < -0.3 is 14.2 Å². The molecule has 5 aromatic carbocycles. The maximum atomic E-state index is 6.85. The van der Waals surface area contributed by atoms with Gasteiger partial charge in [0, 0.05) is 16.7 Å². The van der Waals surface area contributed by atoms with Gasteiger partial charge in [-0.2, -0.15) is 0 Å². The highest BCUT2D eigenvalue weighted by molar-refractivity contribution is 5.95. The first-order valence-electron chi connectivity index (χ1n) is 12.7. The van der Waals surface area contributed by atoms with E-state index in [9.17, 15) is 0 Å². The lowest BCUT2D eigenvalue weighted by molar-refractivity contribution is 0.161. The second-order valence-corrected chi connectivity index (χ2v) is 9.31. The van der Waals surface area contributed by atoms with Gasteiger partial charge in [0.1, 0.15) is 5.75 Å². The van der Waals surface area contributed by atoms with Gasteiger partial charge >= 0.3 is 0 Å². The number of ether oxygens (including phenoxy) is 3. The number of hydrogen-bond acceptors (Lipinski definition) is 3. The molecule has 0 saturated carbocycles. The van der Waals surface area contributed by atoms with Crippen LogP contribution in [0, 0.1) is 0 Å². The molecule has 0 spiro atoms. The molecule has 0 unspecified atom stereocenters. The maximum Gasteiger partial charge on any atom is 0.178 e. The molecule has 186 valence electrons. The molecule has 0 fully saturated rings. The first-order valence-corrected chi connectivity index (χ1v) is 12.7. The maximum absolute atomic E-state index is 6.85. The summed E-state index contributed by atoms with van der Waals surface area (Å²) in [6, 6.07) is 37.5. The second-order valence-electron chi connectivity index (χ2n) is 9.31. The first-order chi connectivity index (χ1) is 18.7. The molecule has 0 amide bonds. The average molecular weight is 497 g/mol. The smallest absolute Gasteiger partial charge is 0.178 e. The molecule has 6 rings (SSSR count). The van der Waals surface area contributed by atoms with Crippen LogP contribution in [0.3, 0.4) is 0 Å². The Bertz CT molecular complexity index is 1610. The number of fused-ring (bicyclic) bond motifs is 3. The molecule has 0 radical (unpaired) electrons. The highest BCUT2D eigenvalue weighted by Gasteiger charge is 2.37. The van der Waals surface area contributed by atoms with Crippen molar-refractivity contribution in [1.82, 2.24) is 0 Å². The van der Waals surface area contributed by atoms with Crippen LogP contribution >= 0.6 is 0 Å². The van der Waals surface area contributed by atoms with Crippen molar-refractivity contribution < 1.29 is 14.2 Å². The largest absolute Gasteiger partial charge is 0.493 e. The highest BCUT2D eigenvalue weighted by Crippen LogP contribution is 2.44. The van der Waals surface area contributed by atoms with Crippen LogP contribution in [0.25, 0.3) is 29.0 Å². The molecule has 3 nitrogen and oxygen atoms in total. The zero-order chi connectivity index (χ0) is 26.0. The van der Waals surface area contributed by atoms with Gasteiger partial charge in [0.2, 0.25) is 0 Å². The van der Waals surface area contributed by atoms with Crippen LogP contribution in [0.2, 0.25) is 0 Å². The number of benzene rings is 5. The molecule has 1 heterocycles. The van der Waals surface area contributed by atoms with Crippen LogP contribution in [0.5, 0.6) is 17.2 Å². The van der Waals surface area contributed by atoms with Crippen molar-refractivity contribution in [2.45, 2.75) is 5.60 Å². The van der Waals surface area contributed by atoms with E-state index in [1.54, 1.807) is 14.2 Å². The van der Waals surface area contributed by atoms with Crippen molar-refractivity contribution in [3.8, 4) is 17.2 Å². The fraction of sp³-hybridized carbons (Fsp3) is 0.0857. The molecule has 1 aliphatic rings. The quantitative estimate of drug-likeness (QED) is 0.221. The highest BCUT2D eigenvalue weighted by atomic mass is 16.5. The minimum atomic E-state index is -0.675. The Balaban J connectivity index is 1.35. The minimum Gasteiger partial charge on any atom is -0.493 e. The van der Waals surface area contributed by atoms with Gasteiger partial charge in [-0.25, -0.2) is 0 Å². The average Bonchev–Trinajstić information content (AvgIpc) is 3.00. The van der Waals surface area contributed by atoms with Crippen molar-refractivity contribution in [2.24, 2.45) is 0 Å². The van der Waals surface area contributed by atoms with Crippen LogP contribution < -0.4 is 14.2 Å². The van der Waals surface area contributed by atoms with E-state index in [4.69, 9.17) is 14.2 Å². The summed E-state index contributed by atoms with van der Waals surface area (Å²) in [7, 11) is 3.29. The molecule has 0 N–H and O–H groups in total. The summed E-state index contributed by atoms with van der Waals surface area (Å²) in [6.45, 7) is 0. The van der Waals surface area contributed by atoms with E-state index in [1.807, 2.05) is 30.3 Å². The van der Waals surface area contributed by atoms with Crippen LogP contribution in [0.15, 0.2) is 115 Å². The van der Waals surface area contributed by atoms with Crippen LogP contribution in [-0.2, 0) is 5.60 Å². The third-order valence-corrected chi connectivity index (χ3v) is 7.08. The fourth-order valence-electron chi connectivity index (χ4n) is 5.12. The summed E-state index contributed by atoms with van der Waals surface area (Å²) in [5.74, 6) is 2.31. The zero-order valence-corrected chi connectivity index (χ0v) is 21.4. The molecular formula is C35H28O3. The number of methoxy groups -OCH3 is 2. The van der Waals surface area contributed by atoms with Crippen LogP contribution in [0.1, 0.15) is 27.8 Å². The lowest BCUT2D eigenvalue weighted by Crippen LogP contribution is -2.34. The molecule has 38 heavy (non-hydrogen) atoms. The molecule has 0 bridgehead atoms. The van der Waals surface area contributed by atoms with Gasteiger partial charge in [-0.15, -0.1) is 0 Å². The summed E-state index contributed by atoms with van der Waals surface area (Å²) in [4.78, 5) is 0. The summed E-state index contributed by atoms with van der Waals surface area (Å²) >= 11 is 0. The summed E-state index contributed by atoms with van der Waals surface area (Å²) in [5, 5.41) is 2.33. The van der Waals surface area contributed by atoms with Gasteiger partial charge in [-0.1, -0.05) is 97.1 Å². The Hall–Kier alpha value is -4.76. The predicted molar refractivity (Wildman–Crippen MR) is 156 cm³/mol. The summed E-state index contributed by atoms with van der Waals surface area (Å²) in [5.41, 5.74) is 4.79. The standard InChI is InChI=1S/C35H28O3/c1-36-33-19-16-26(24-34(33)37-2)14-13-25-15-18-30-27(23-25)17-20-32-31(30)21-22-35(38-32,28-9-5-3-6-10-28)29-11-7-4-8-12-29/h3-24H,1-2H3/b14-13-. The summed E-state index contributed by atoms with van der Waals surface area (Å²) < 4.78 is 17.6. The van der Waals surface area contributed by atoms with E-state index in [1.165, 1.54) is 5.39 Å². The Morgan fingerprint density at radius 3 is 1.92 bits per heavy atom. The molecule has 0 aliphatic carbocycles. The van der Waals surface area contributed by atoms with Crippen molar-refractivity contribution in [3.05, 3.63) is 143 Å². The van der Waals surface area contributed by atoms with E-state index in [-0.39, 0.29) is 0 Å². The first kappa shape index (κ1) is 23.6. The van der Waals surface area contributed by atoms with Gasteiger partial charge in [0.25, 0.3) is 0 Å². The van der Waals surface area contributed by atoms with Gasteiger partial charge in [-0.3, -0.25) is 0 Å². The van der Waals surface area contributed by atoms with Gasteiger partial charge in [0.15, 0.2) is 17.1 Å². The van der Waals surface area contributed by atoms with Crippen molar-refractivity contribution >= 4 is 29.0 Å². The van der Waals surface area contributed by atoms with Gasteiger partial charge in [-0.05, 0) is 58.3 Å². The monoisotopic (exact) mass is 496 g/mol. The number of hydrogen-bond donors (Lipinski definition) is 0. The second kappa shape index (κ2) is 9.95. The van der Waals surface area contributed by atoms with Gasteiger partial charge in [0.05, 0.1) is 14.2 Å². The molecule has 0 aromatic heterocycles. The third-order valence-electron chi connectivity index (χ3n) is 7.08. The van der Waals surface area contributed by atoms with E-state index in [0.29, 0.717) is 5.75 Å². The molecule has 1 aliphatic heterocycles. The number of rotatable bonds is 6. The Kier molecular flexibility index (Phi) is 6.19. The molecule has 0 saturated heterocycles. The Labute approximate surface area is 223 Å².